The predicted octanol–water partition coefficient (Wildman–Crippen LogP) is -1.17. The first kappa shape index (κ1) is 18.8. The van der Waals surface area contributed by atoms with Crippen molar-refractivity contribution in [1.29, 1.82) is 0 Å². The summed E-state index contributed by atoms with van der Waals surface area (Å²) in [4.78, 5) is 11.6. The van der Waals surface area contributed by atoms with Gasteiger partial charge in [-0.1, -0.05) is 0 Å². The van der Waals surface area contributed by atoms with E-state index in [1.165, 1.54) is 18.3 Å². The van der Waals surface area contributed by atoms with Crippen molar-refractivity contribution in [3.05, 3.63) is 11.4 Å². The maximum Gasteiger partial charge on any atom is 0.357 e. The molecule has 12 heteroatoms. The molecule has 2 heterocycles. The average Bonchev–Trinajstić information content (AvgIpc) is 2.97. The number of carbonyl (C=O) groups excluding carboxylic acids is 1. The summed E-state index contributed by atoms with van der Waals surface area (Å²) >= 11 is 0. The van der Waals surface area contributed by atoms with Gasteiger partial charge < -0.3 is 4.74 Å². The van der Waals surface area contributed by atoms with Crippen molar-refractivity contribution >= 4 is 26.0 Å². The number of carbonyl (C=O) groups is 1. The molecular weight excluding hydrogens is 360 g/mol. The van der Waals surface area contributed by atoms with Crippen LogP contribution in [0.5, 0.6) is 0 Å². The lowest BCUT2D eigenvalue weighted by Gasteiger charge is -2.14. The number of aromatic nitrogens is 2. The number of nitrogens with zero attached hydrogens (tertiary/aromatic N) is 3. The fourth-order valence-corrected chi connectivity index (χ4v) is 5.53. The fraction of sp³-hybridized carbons (Fsp3) is 0.667. The monoisotopic (exact) mass is 380 g/mol. The van der Waals surface area contributed by atoms with E-state index in [1.54, 1.807) is 0 Å². The van der Waals surface area contributed by atoms with E-state index in [0.29, 0.717) is 13.0 Å². The Morgan fingerprint density at radius 1 is 1.42 bits per heavy atom. The van der Waals surface area contributed by atoms with Gasteiger partial charge in [0.2, 0.25) is 20.0 Å². The minimum atomic E-state index is -4.04. The zero-order chi connectivity index (χ0) is 18.1. The van der Waals surface area contributed by atoms with Crippen molar-refractivity contribution in [3.8, 4) is 0 Å². The Hall–Kier alpha value is -1.50. The molecule has 24 heavy (non-hydrogen) atoms. The highest BCUT2D eigenvalue weighted by molar-refractivity contribution is 7.89. The van der Waals surface area contributed by atoms with E-state index in [1.807, 2.05) is 0 Å². The average molecular weight is 380 g/mol. The first-order chi connectivity index (χ1) is 11.1. The van der Waals surface area contributed by atoms with Crippen LogP contribution in [0.1, 0.15) is 22.6 Å². The SMILES string of the molecule is COC(=O)c1c(S(=O)(=O)NCCN2CCCS2(=O)=O)c(C)nn1C. The first-order valence-corrected chi connectivity index (χ1v) is 10.3. The summed E-state index contributed by atoms with van der Waals surface area (Å²) in [7, 11) is -4.75. The van der Waals surface area contributed by atoms with E-state index >= 15 is 0 Å². The molecule has 1 aliphatic heterocycles. The summed E-state index contributed by atoms with van der Waals surface area (Å²) in [6.07, 6.45) is 0.531. The van der Waals surface area contributed by atoms with E-state index in [-0.39, 0.29) is 35.1 Å². The summed E-state index contributed by atoms with van der Waals surface area (Å²) in [5, 5.41) is 3.95. The van der Waals surface area contributed by atoms with Crippen molar-refractivity contribution in [3.63, 3.8) is 0 Å². The maximum atomic E-state index is 12.5. The zero-order valence-corrected chi connectivity index (χ0v) is 15.3. The summed E-state index contributed by atoms with van der Waals surface area (Å²) in [5.74, 6) is -0.742. The van der Waals surface area contributed by atoms with Crippen molar-refractivity contribution < 1.29 is 26.4 Å². The fourth-order valence-electron chi connectivity index (χ4n) is 2.60. The summed E-state index contributed by atoms with van der Waals surface area (Å²) in [5.41, 5.74) is -0.0320. The topological polar surface area (TPSA) is 128 Å². The lowest BCUT2D eigenvalue weighted by Crippen LogP contribution is -2.36. The molecule has 1 saturated heterocycles. The highest BCUT2D eigenvalue weighted by Crippen LogP contribution is 2.20. The molecule has 0 amide bonds. The molecule has 0 radical (unpaired) electrons. The van der Waals surface area contributed by atoms with Crippen LogP contribution < -0.4 is 4.72 Å². The van der Waals surface area contributed by atoms with E-state index in [9.17, 15) is 21.6 Å². The van der Waals surface area contributed by atoms with Crippen LogP contribution in [0.2, 0.25) is 0 Å². The third-order valence-electron chi connectivity index (χ3n) is 3.67. The van der Waals surface area contributed by atoms with Crippen molar-refractivity contribution in [2.45, 2.75) is 18.2 Å². The Morgan fingerprint density at radius 2 is 2.08 bits per heavy atom. The number of esters is 1. The number of ether oxygens (including phenoxy) is 1. The second-order valence-corrected chi connectivity index (χ2v) is 9.14. The molecule has 1 fully saturated rings. The van der Waals surface area contributed by atoms with Gasteiger partial charge in [0.25, 0.3) is 0 Å². The molecule has 136 valence electrons. The quantitative estimate of drug-likeness (QED) is 0.616. The molecule has 0 unspecified atom stereocenters. The summed E-state index contributed by atoms with van der Waals surface area (Å²) in [6.45, 7) is 1.78. The Balaban J connectivity index is 2.18. The number of nitrogens with one attached hydrogen (secondary N) is 1. The van der Waals surface area contributed by atoms with Crippen LogP contribution in [-0.4, -0.2) is 69.4 Å². The largest absolute Gasteiger partial charge is 0.464 e. The van der Waals surface area contributed by atoms with Crippen LogP contribution in [0.3, 0.4) is 0 Å². The second-order valence-electron chi connectivity index (χ2n) is 5.34. The highest BCUT2D eigenvalue weighted by Gasteiger charge is 2.32. The Morgan fingerprint density at radius 3 is 2.62 bits per heavy atom. The molecule has 0 aliphatic carbocycles. The Labute approximate surface area is 140 Å². The molecule has 1 N–H and O–H groups in total. The predicted molar refractivity (Wildman–Crippen MR) is 84.4 cm³/mol. The number of hydrogen-bond acceptors (Lipinski definition) is 7. The van der Waals surface area contributed by atoms with Gasteiger partial charge in [0.05, 0.1) is 18.6 Å². The van der Waals surface area contributed by atoms with Crippen LogP contribution in [0, 0.1) is 6.92 Å². The molecule has 0 atom stereocenters. The number of sulfonamides is 2. The van der Waals surface area contributed by atoms with Crippen molar-refractivity contribution in [2.75, 3.05) is 32.5 Å². The molecule has 0 aromatic carbocycles. The van der Waals surface area contributed by atoms with Crippen LogP contribution in [-0.2, 0) is 31.8 Å². The molecule has 10 nitrogen and oxygen atoms in total. The zero-order valence-electron chi connectivity index (χ0n) is 13.6. The summed E-state index contributed by atoms with van der Waals surface area (Å²) < 4.78 is 57.7. The molecule has 1 aromatic rings. The first-order valence-electron chi connectivity index (χ1n) is 7.19. The van der Waals surface area contributed by atoms with Crippen LogP contribution in [0.4, 0.5) is 0 Å². The van der Waals surface area contributed by atoms with Crippen molar-refractivity contribution in [1.82, 2.24) is 18.8 Å². The Kier molecular flexibility index (Phi) is 5.32. The normalized spacial score (nSPS) is 18.0. The minimum absolute atomic E-state index is 0.0361. The molecule has 2 rings (SSSR count). The van der Waals surface area contributed by atoms with Gasteiger partial charge in [-0.2, -0.15) is 5.10 Å². The van der Waals surface area contributed by atoms with E-state index in [4.69, 9.17) is 0 Å². The van der Waals surface area contributed by atoms with E-state index in [2.05, 4.69) is 14.6 Å². The van der Waals surface area contributed by atoms with E-state index in [0.717, 1.165) is 11.8 Å². The minimum Gasteiger partial charge on any atom is -0.464 e. The Bertz CT molecular complexity index is 843. The highest BCUT2D eigenvalue weighted by atomic mass is 32.2. The van der Waals surface area contributed by atoms with Crippen molar-refractivity contribution in [2.24, 2.45) is 7.05 Å². The van der Waals surface area contributed by atoms with Gasteiger partial charge in [-0.15, -0.1) is 0 Å². The molecule has 0 bridgehead atoms. The van der Waals surface area contributed by atoms with Gasteiger partial charge >= 0.3 is 5.97 Å². The van der Waals surface area contributed by atoms with Gasteiger partial charge in [-0.3, -0.25) is 4.68 Å². The standard InChI is InChI=1S/C12H20N4O6S2/c1-9-11(10(12(17)22-3)15(2)14-9)24(20,21)13-5-7-16-6-4-8-23(16,18)19/h13H,4-8H2,1-3H3. The number of methoxy groups -OCH3 is 1. The number of hydrogen-bond donors (Lipinski definition) is 1. The molecular formula is C12H20N4O6S2. The van der Waals surface area contributed by atoms with Gasteiger partial charge in [0, 0.05) is 26.7 Å². The smallest absolute Gasteiger partial charge is 0.357 e. The third kappa shape index (κ3) is 3.61. The van der Waals surface area contributed by atoms with Gasteiger partial charge in [-0.05, 0) is 13.3 Å². The molecule has 1 aliphatic rings. The second kappa shape index (κ2) is 6.78. The lowest BCUT2D eigenvalue weighted by atomic mass is 10.4. The molecule has 0 spiro atoms. The number of aryl methyl sites for hydroxylation is 2. The van der Waals surface area contributed by atoms with Crippen LogP contribution >= 0.6 is 0 Å². The van der Waals surface area contributed by atoms with E-state index < -0.39 is 26.0 Å². The molecule has 0 saturated carbocycles. The van der Waals surface area contributed by atoms with Gasteiger partial charge in [0.1, 0.15) is 4.90 Å². The van der Waals surface area contributed by atoms with Crippen LogP contribution in [0.25, 0.3) is 0 Å². The maximum absolute atomic E-state index is 12.5. The molecule has 1 aromatic heterocycles. The number of rotatable bonds is 6. The third-order valence-corrected chi connectivity index (χ3v) is 7.24. The van der Waals surface area contributed by atoms with Gasteiger partial charge in [-0.25, -0.2) is 30.7 Å². The summed E-state index contributed by atoms with van der Waals surface area (Å²) in [6, 6.07) is 0. The van der Waals surface area contributed by atoms with Crippen LogP contribution in [0.15, 0.2) is 4.90 Å². The lowest BCUT2D eigenvalue weighted by molar-refractivity contribution is 0.0583. The van der Waals surface area contributed by atoms with Gasteiger partial charge in [0.15, 0.2) is 5.69 Å².